The first-order valence-electron chi connectivity index (χ1n) is 10.5. The van der Waals surface area contributed by atoms with Gasteiger partial charge in [0, 0.05) is 19.6 Å². The standard InChI is InChI=1S/C23H34O5/c1-2-17(11-13-24)7-9-20(26)10-8-18-16-23(28-21-5-3-4-6-21)22(27)15-19(18)12-14-25/h7,9,15-17,21,24-25,27H,2-6,8,10-14H2,1H3/t17-/m1/s1. The molecule has 1 fully saturated rings. The number of phenols is 1. The fraction of sp³-hybridized carbons (Fsp3) is 0.609. The number of aromatic hydroxyl groups is 1. The lowest BCUT2D eigenvalue weighted by Crippen LogP contribution is -2.12. The van der Waals surface area contributed by atoms with E-state index in [4.69, 9.17) is 9.84 Å². The Bertz CT molecular complexity index is 647. The lowest BCUT2D eigenvalue weighted by molar-refractivity contribution is -0.114. The summed E-state index contributed by atoms with van der Waals surface area (Å²) >= 11 is 0. The van der Waals surface area contributed by atoms with Crippen LogP contribution in [0.2, 0.25) is 0 Å². The number of benzene rings is 1. The first-order chi connectivity index (χ1) is 13.6. The molecule has 0 spiro atoms. The number of carbonyl (C=O) groups excluding carboxylic acids is 1. The topological polar surface area (TPSA) is 87.0 Å². The first-order valence-corrected chi connectivity index (χ1v) is 10.5. The van der Waals surface area contributed by atoms with Crippen LogP contribution in [0.1, 0.15) is 63.0 Å². The zero-order chi connectivity index (χ0) is 20.4. The summed E-state index contributed by atoms with van der Waals surface area (Å²) in [4.78, 5) is 12.3. The Morgan fingerprint density at radius 1 is 1.18 bits per heavy atom. The Hall–Kier alpha value is -1.85. The molecule has 1 saturated carbocycles. The molecular weight excluding hydrogens is 356 g/mol. The number of aliphatic hydroxyl groups excluding tert-OH is 2. The summed E-state index contributed by atoms with van der Waals surface area (Å²) in [6, 6.07) is 3.49. The molecule has 3 N–H and O–H groups in total. The van der Waals surface area contributed by atoms with Gasteiger partial charge in [0.05, 0.1) is 6.10 Å². The Balaban J connectivity index is 2.04. The lowest BCUT2D eigenvalue weighted by Gasteiger charge is -2.17. The molecule has 0 radical (unpaired) electrons. The molecule has 156 valence electrons. The number of allylic oxidation sites excluding steroid dienone is 2. The van der Waals surface area contributed by atoms with Crippen LogP contribution in [-0.4, -0.2) is 40.4 Å². The molecule has 1 aliphatic rings. The molecule has 0 saturated heterocycles. The van der Waals surface area contributed by atoms with Crippen molar-refractivity contribution >= 4 is 5.78 Å². The van der Waals surface area contributed by atoms with Crippen LogP contribution in [0.4, 0.5) is 0 Å². The molecule has 5 heteroatoms. The van der Waals surface area contributed by atoms with Gasteiger partial charge in [-0.25, -0.2) is 0 Å². The number of carbonyl (C=O) groups is 1. The maximum Gasteiger partial charge on any atom is 0.161 e. The van der Waals surface area contributed by atoms with Crippen LogP contribution in [0.25, 0.3) is 0 Å². The van der Waals surface area contributed by atoms with E-state index in [0.717, 1.165) is 43.2 Å². The van der Waals surface area contributed by atoms with Crippen molar-refractivity contribution < 1.29 is 24.9 Å². The lowest BCUT2D eigenvalue weighted by atomic mass is 9.97. The highest BCUT2D eigenvalue weighted by atomic mass is 16.5. The van der Waals surface area contributed by atoms with Crippen molar-refractivity contribution in [2.75, 3.05) is 13.2 Å². The summed E-state index contributed by atoms with van der Waals surface area (Å²) in [7, 11) is 0. The van der Waals surface area contributed by atoms with Crippen LogP contribution in [0, 0.1) is 5.92 Å². The van der Waals surface area contributed by atoms with Gasteiger partial charge in [0.1, 0.15) is 0 Å². The third-order valence-electron chi connectivity index (χ3n) is 5.48. The summed E-state index contributed by atoms with van der Waals surface area (Å²) in [6.45, 7) is 2.15. The molecule has 0 unspecified atom stereocenters. The van der Waals surface area contributed by atoms with E-state index >= 15 is 0 Å². The number of hydrogen-bond acceptors (Lipinski definition) is 5. The van der Waals surface area contributed by atoms with Gasteiger partial charge in [-0.3, -0.25) is 4.79 Å². The molecule has 1 atom stereocenters. The third kappa shape index (κ3) is 6.95. The van der Waals surface area contributed by atoms with Gasteiger partial charge in [-0.1, -0.05) is 13.0 Å². The number of ketones is 1. The molecule has 28 heavy (non-hydrogen) atoms. The van der Waals surface area contributed by atoms with Crippen LogP contribution in [0.15, 0.2) is 24.3 Å². The van der Waals surface area contributed by atoms with Gasteiger partial charge in [0.25, 0.3) is 0 Å². The van der Waals surface area contributed by atoms with Crippen molar-refractivity contribution in [1.29, 1.82) is 0 Å². The average Bonchev–Trinajstić information content (AvgIpc) is 3.19. The van der Waals surface area contributed by atoms with E-state index < -0.39 is 0 Å². The highest BCUT2D eigenvalue weighted by Crippen LogP contribution is 2.34. The van der Waals surface area contributed by atoms with Gasteiger partial charge < -0.3 is 20.1 Å². The highest BCUT2D eigenvalue weighted by Gasteiger charge is 2.19. The highest BCUT2D eigenvalue weighted by molar-refractivity contribution is 5.89. The average molecular weight is 391 g/mol. The molecule has 1 aromatic carbocycles. The second-order valence-corrected chi connectivity index (χ2v) is 7.59. The van der Waals surface area contributed by atoms with Gasteiger partial charge in [0.15, 0.2) is 17.3 Å². The summed E-state index contributed by atoms with van der Waals surface area (Å²) in [6.07, 6.45) is 10.8. The predicted octanol–water partition coefficient (Wildman–Crippen LogP) is 3.71. The van der Waals surface area contributed by atoms with E-state index in [1.165, 1.54) is 0 Å². The van der Waals surface area contributed by atoms with Crippen molar-refractivity contribution in [3.63, 3.8) is 0 Å². The zero-order valence-electron chi connectivity index (χ0n) is 16.9. The summed E-state index contributed by atoms with van der Waals surface area (Å²) < 4.78 is 5.97. The van der Waals surface area contributed by atoms with Crippen LogP contribution in [-0.2, 0) is 17.6 Å². The normalized spacial score (nSPS) is 16.0. The SMILES string of the molecule is CC[C@H](C=CC(=O)CCc1cc(OC2CCCC2)c(O)cc1CCO)CCO. The van der Waals surface area contributed by atoms with Crippen molar-refractivity contribution in [2.24, 2.45) is 5.92 Å². The van der Waals surface area contributed by atoms with Gasteiger partial charge in [-0.15, -0.1) is 0 Å². The van der Waals surface area contributed by atoms with Crippen LogP contribution < -0.4 is 4.74 Å². The summed E-state index contributed by atoms with van der Waals surface area (Å²) in [5, 5.41) is 28.7. The minimum absolute atomic E-state index is 0.0115. The molecule has 5 nitrogen and oxygen atoms in total. The van der Waals surface area contributed by atoms with Crippen LogP contribution in [0.5, 0.6) is 11.5 Å². The first kappa shape index (κ1) is 22.4. The number of rotatable bonds is 12. The van der Waals surface area contributed by atoms with E-state index in [1.807, 2.05) is 19.1 Å². The molecular formula is C23H34O5. The number of phenolic OH excluding ortho intramolecular Hbond substituents is 1. The quantitative estimate of drug-likeness (QED) is 0.474. The van der Waals surface area contributed by atoms with Crippen molar-refractivity contribution in [2.45, 2.75) is 70.8 Å². The van der Waals surface area contributed by atoms with E-state index in [9.17, 15) is 15.0 Å². The monoisotopic (exact) mass is 390 g/mol. The number of aliphatic hydroxyl groups is 2. The van der Waals surface area contributed by atoms with Crippen molar-refractivity contribution in [3.8, 4) is 11.5 Å². The van der Waals surface area contributed by atoms with E-state index in [1.54, 1.807) is 12.1 Å². The Morgan fingerprint density at radius 2 is 1.89 bits per heavy atom. The molecule has 0 amide bonds. The largest absolute Gasteiger partial charge is 0.504 e. The molecule has 1 aliphatic carbocycles. The number of ether oxygens (including phenoxy) is 1. The predicted molar refractivity (Wildman–Crippen MR) is 110 cm³/mol. The van der Waals surface area contributed by atoms with Gasteiger partial charge in [-0.05, 0) is 86.6 Å². The summed E-state index contributed by atoms with van der Waals surface area (Å²) in [5.41, 5.74) is 1.78. The van der Waals surface area contributed by atoms with E-state index in [-0.39, 0.29) is 36.8 Å². The smallest absolute Gasteiger partial charge is 0.161 e. The van der Waals surface area contributed by atoms with Crippen LogP contribution >= 0.6 is 0 Å². The van der Waals surface area contributed by atoms with E-state index in [2.05, 4.69) is 0 Å². The molecule has 0 aliphatic heterocycles. The molecule has 2 rings (SSSR count). The van der Waals surface area contributed by atoms with E-state index in [0.29, 0.717) is 31.4 Å². The van der Waals surface area contributed by atoms with Crippen LogP contribution in [0.3, 0.4) is 0 Å². The number of aryl methyl sites for hydroxylation is 1. The molecule has 0 bridgehead atoms. The zero-order valence-corrected chi connectivity index (χ0v) is 16.9. The minimum atomic E-state index is -0.0115. The fourth-order valence-electron chi connectivity index (χ4n) is 3.71. The van der Waals surface area contributed by atoms with Crippen molar-refractivity contribution in [1.82, 2.24) is 0 Å². The van der Waals surface area contributed by atoms with Crippen molar-refractivity contribution in [3.05, 3.63) is 35.4 Å². The molecule has 1 aromatic rings. The fourth-order valence-corrected chi connectivity index (χ4v) is 3.71. The maximum absolute atomic E-state index is 12.3. The van der Waals surface area contributed by atoms with Gasteiger partial charge in [-0.2, -0.15) is 0 Å². The Labute approximate surface area is 168 Å². The Kier molecular flexibility index (Phi) is 9.51. The third-order valence-corrected chi connectivity index (χ3v) is 5.48. The molecule has 0 heterocycles. The number of hydrogen-bond donors (Lipinski definition) is 3. The Morgan fingerprint density at radius 3 is 2.54 bits per heavy atom. The molecule has 0 aromatic heterocycles. The maximum atomic E-state index is 12.3. The van der Waals surface area contributed by atoms with Gasteiger partial charge in [0.2, 0.25) is 0 Å². The summed E-state index contributed by atoms with van der Waals surface area (Å²) in [5.74, 6) is 0.831. The minimum Gasteiger partial charge on any atom is -0.504 e. The second kappa shape index (κ2) is 11.9. The van der Waals surface area contributed by atoms with Gasteiger partial charge >= 0.3 is 0 Å². The second-order valence-electron chi connectivity index (χ2n) is 7.59.